The fourth-order valence-corrected chi connectivity index (χ4v) is 2.48. The molecule has 114 valence electrons. The SMILES string of the molecule is COC(=O)CCCS(=O)(=O)Nc1cccc(C#CCN)n1. The molecule has 3 N–H and O–H groups in total. The highest BCUT2D eigenvalue weighted by molar-refractivity contribution is 7.92. The van der Waals surface area contributed by atoms with Crippen LogP contribution >= 0.6 is 0 Å². The zero-order valence-electron chi connectivity index (χ0n) is 11.6. The van der Waals surface area contributed by atoms with E-state index >= 15 is 0 Å². The van der Waals surface area contributed by atoms with E-state index in [9.17, 15) is 13.2 Å². The number of ether oxygens (including phenoxy) is 1. The van der Waals surface area contributed by atoms with Crippen LogP contribution in [0.4, 0.5) is 5.82 Å². The van der Waals surface area contributed by atoms with Crippen molar-refractivity contribution >= 4 is 21.8 Å². The van der Waals surface area contributed by atoms with Crippen LogP contribution in [0, 0.1) is 11.8 Å². The highest BCUT2D eigenvalue weighted by Crippen LogP contribution is 2.08. The number of rotatable bonds is 6. The first-order valence-electron chi connectivity index (χ1n) is 6.20. The van der Waals surface area contributed by atoms with Gasteiger partial charge >= 0.3 is 5.97 Å². The van der Waals surface area contributed by atoms with Crippen molar-refractivity contribution in [1.29, 1.82) is 0 Å². The number of hydrogen-bond acceptors (Lipinski definition) is 6. The molecule has 1 rings (SSSR count). The highest BCUT2D eigenvalue weighted by atomic mass is 32.2. The van der Waals surface area contributed by atoms with Crippen molar-refractivity contribution in [2.24, 2.45) is 5.73 Å². The largest absolute Gasteiger partial charge is 0.469 e. The molecule has 0 unspecified atom stereocenters. The van der Waals surface area contributed by atoms with E-state index in [2.05, 4.69) is 26.3 Å². The molecule has 0 aromatic carbocycles. The predicted molar refractivity (Wildman–Crippen MR) is 78.8 cm³/mol. The van der Waals surface area contributed by atoms with E-state index in [-0.39, 0.29) is 31.0 Å². The molecule has 21 heavy (non-hydrogen) atoms. The van der Waals surface area contributed by atoms with Crippen molar-refractivity contribution in [3.63, 3.8) is 0 Å². The lowest BCUT2D eigenvalue weighted by Gasteiger charge is -2.07. The van der Waals surface area contributed by atoms with Gasteiger partial charge in [-0.1, -0.05) is 12.0 Å². The molecule has 0 bridgehead atoms. The van der Waals surface area contributed by atoms with Crippen molar-refractivity contribution in [2.45, 2.75) is 12.8 Å². The van der Waals surface area contributed by atoms with E-state index < -0.39 is 16.0 Å². The average Bonchev–Trinajstić information content (AvgIpc) is 2.44. The third kappa shape index (κ3) is 6.74. The number of carbonyl (C=O) groups excluding carboxylic acids is 1. The molecule has 0 amide bonds. The molecule has 1 heterocycles. The number of nitrogens with one attached hydrogen (secondary N) is 1. The number of carbonyl (C=O) groups is 1. The van der Waals surface area contributed by atoms with Crippen molar-refractivity contribution < 1.29 is 17.9 Å². The Morgan fingerprint density at radius 3 is 2.90 bits per heavy atom. The van der Waals surface area contributed by atoms with Gasteiger partial charge in [0, 0.05) is 6.42 Å². The Morgan fingerprint density at radius 2 is 2.24 bits per heavy atom. The first kappa shape index (κ1) is 16.9. The molecule has 0 aliphatic carbocycles. The quantitative estimate of drug-likeness (QED) is 0.569. The first-order chi connectivity index (χ1) is 9.96. The molecule has 0 saturated heterocycles. The summed E-state index contributed by atoms with van der Waals surface area (Å²) in [5, 5.41) is 0. The van der Waals surface area contributed by atoms with E-state index in [4.69, 9.17) is 5.73 Å². The van der Waals surface area contributed by atoms with E-state index in [0.717, 1.165) is 0 Å². The molecule has 8 heteroatoms. The summed E-state index contributed by atoms with van der Waals surface area (Å²) in [5.74, 6) is 4.89. The Bertz CT molecular complexity index is 647. The third-order valence-corrected chi connectivity index (χ3v) is 3.70. The Morgan fingerprint density at radius 1 is 1.48 bits per heavy atom. The first-order valence-corrected chi connectivity index (χ1v) is 7.85. The maximum absolute atomic E-state index is 11.8. The van der Waals surface area contributed by atoms with Crippen molar-refractivity contribution in [3.05, 3.63) is 23.9 Å². The Hall–Kier alpha value is -2.11. The minimum absolute atomic E-state index is 0.0485. The molecule has 0 atom stereocenters. The summed E-state index contributed by atoms with van der Waals surface area (Å²) in [7, 11) is -2.31. The summed E-state index contributed by atoms with van der Waals surface area (Å²) in [4.78, 5) is 15.0. The van der Waals surface area contributed by atoms with Crippen molar-refractivity contribution in [3.8, 4) is 11.8 Å². The van der Waals surface area contributed by atoms with E-state index in [1.807, 2.05) is 0 Å². The monoisotopic (exact) mass is 311 g/mol. The molecule has 1 aromatic rings. The normalized spacial score (nSPS) is 10.4. The van der Waals surface area contributed by atoms with Gasteiger partial charge in [-0.2, -0.15) is 0 Å². The second-order valence-electron chi connectivity index (χ2n) is 4.01. The van der Waals surface area contributed by atoms with Gasteiger partial charge < -0.3 is 10.5 Å². The van der Waals surface area contributed by atoms with Gasteiger partial charge in [0.2, 0.25) is 10.0 Å². The van der Waals surface area contributed by atoms with Crippen LogP contribution < -0.4 is 10.5 Å². The minimum Gasteiger partial charge on any atom is -0.469 e. The predicted octanol–water partition coefficient (Wildman–Crippen LogP) is 0.0867. The molecule has 0 spiro atoms. The van der Waals surface area contributed by atoms with Gasteiger partial charge in [-0.25, -0.2) is 13.4 Å². The average molecular weight is 311 g/mol. The number of esters is 1. The molecular formula is C13H17N3O4S. The van der Waals surface area contributed by atoms with Crippen LogP contribution in [0.5, 0.6) is 0 Å². The lowest BCUT2D eigenvalue weighted by atomic mass is 10.3. The summed E-state index contributed by atoms with van der Waals surface area (Å²) in [5.41, 5.74) is 5.68. The summed E-state index contributed by atoms with van der Waals surface area (Å²) >= 11 is 0. The van der Waals surface area contributed by atoms with Gasteiger partial charge in [0.05, 0.1) is 19.4 Å². The zero-order chi connectivity index (χ0) is 15.7. The summed E-state index contributed by atoms with van der Waals surface area (Å²) < 4.78 is 30.5. The highest BCUT2D eigenvalue weighted by Gasteiger charge is 2.12. The maximum Gasteiger partial charge on any atom is 0.305 e. The van der Waals surface area contributed by atoms with Crippen LogP contribution in [0.3, 0.4) is 0 Å². The smallest absolute Gasteiger partial charge is 0.305 e. The lowest BCUT2D eigenvalue weighted by Crippen LogP contribution is -2.18. The van der Waals surface area contributed by atoms with Gasteiger partial charge in [-0.05, 0) is 24.5 Å². The van der Waals surface area contributed by atoms with Gasteiger partial charge in [-0.15, -0.1) is 0 Å². The molecule has 0 aliphatic rings. The Labute approximate surface area is 123 Å². The summed E-state index contributed by atoms with van der Waals surface area (Å²) in [6.45, 7) is 0.200. The fraction of sp³-hybridized carbons (Fsp3) is 0.385. The minimum atomic E-state index is -3.57. The van der Waals surface area contributed by atoms with E-state index in [1.54, 1.807) is 12.1 Å². The third-order valence-electron chi connectivity index (χ3n) is 2.35. The van der Waals surface area contributed by atoms with Crippen LogP contribution in [0.2, 0.25) is 0 Å². The van der Waals surface area contributed by atoms with Gasteiger partial charge in [0.15, 0.2) is 0 Å². The summed E-state index contributed by atoms with van der Waals surface area (Å²) in [6, 6.07) is 4.81. The number of anilines is 1. The Balaban J connectivity index is 2.64. The Kier molecular flexibility index (Phi) is 6.65. The van der Waals surface area contributed by atoms with Gasteiger partial charge in [-0.3, -0.25) is 9.52 Å². The fourth-order valence-electron chi connectivity index (χ4n) is 1.42. The number of pyridine rings is 1. The van der Waals surface area contributed by atoms with Crippen molar-refractivity contribution in [1.82, 2.24) is 4.98 Å². The zero-order valence-corrected chi connectivity index (χ0v) is 12.4. The standard InChI is InChI=1S/C13H17N3O4S/c1-20-13(17)8-4-10-21(18,19)16-12-7-2-5-11(15-12)6-3-9-14/h2,5,7H,4,8-10,14H2,1H3,(H,15,16). The number of methoxy groups -OCH3 is 1. The second-order valence-corrected chi connectivity index (χ2v) is 5.86. The van der Waals surface area contributed by atoms with Crippen LogP contribution in [0.25, 0.3) is 0 Å². The van der Waals surface area contributed by atoms with Crippen LogP contribution in [-0.4, -0.2) is 38.8 Å². The molecule has 0 aliphatic heterocycles. The number of nitrogens with two attached hydrogens (primary N) is 1. The molecular weight excluding hydrogens is 294 g/mol. The van der Waals surface area contributed by atoms with Gasteiger partial charge in [0.25, 0.3) is 0 Å². The number of nitrogens with zero attached hydrogens (tertiary/aromatic N) is 1. The molecule has 0 radical (unpaired) electrons. The lowest BCUT2D eigenvalue weighted by molar-refractivity contribution is -0.140. The molecule has 1 aromatic heterocycles. The van der Waals surface area contributed by atoms with Gasteiger partial charge in [0.1, 0.15) is 11.5 Å². The van der Waals surface area contributed by atoms with Crippen LogP contribution in [0.15, 0.2) is 18.2 Å². The number of sulfonamides is 1. The van der Waals surface area contributed by atoms with Crippen molar-refractivity contribution in [2.75, 3.05) is 24.1 Å². The molecule has 0 fully saturated rings. The number of hydrogen-bond donors (Lipinski definition) is 2. The van der Waals surface area contributed by atoms with E-state index in [1.165, 1.54) is 13.2 Å². The maximum atomic E-state index is 11.8. The van der Waals surface area contributed by atoms with Crippen LogP contribution in [-0.2, 0) is 19.6 Å². The number of aromatic nitrogens is 1. The molecule has 0 saturated carbocycles. The second kappa shape index (κ2) is 8.24. The summed E-state index contributed by atoms with van der Waals surface area (Å²) in [6.07, 6.45) is 0.224. The van der Waals surface area contributed by atoms with E-state index in [0.29, 0.717) is 5.69 Å². The molecule has 7 nitrogen and oxygen atoms in total. The topological polar surface area (TPSA) is 111 Å². The van der Waals surface area contributed by atoms with Crippen LogP contribution in [0.1, 0.15) is 18.5 Å².